The predicted octanol–water partition coefficient (Wildman–Crippen LogP) is 2.21. The van der Waals surface area contributed by atoms with Crippen molar-refractivity contribution in [2.24, 2.45) is 0 Å². The standard InChI is InChI=1S/C20H19IN2O6S/c1-3-6-29-18-14(21)9-13(10-15(18)27-2)11-16-19(25)23(20(26)30-16)12-17(24)22-4-7-28-8-5-22/h1,9-11H,4-8,12H2,2H3/b16-11-. The molecule has 10 heteroatoms. The van der Waals surface area contributed by atoms with Gasteiger partial charge in [-0.3, -0.25) is 19.3 Å². The van der Waals surface area contributed by atoms with Crippen LogP contribution >= 0.6 is 34.4 Å². The summed E-state index contributed by atoms with van der Waals surface area (Å²) in [5, 5.41) is -0.469. The molecule has 2 aliphatic heterocycles. The molecule has 158 valence electrons. The van der Waals surface area contributed by atoms with Crippen molar-refractivity contribution >= 4 is 57.5 Å². The van der Waals surface area contributed by atoms with E-state index in [0.717, 1.165) is 20.2 Å². The van der Waals surface area contributed by atoms with Gasteiger partial charge in [-0.1, -0.05) is 5.92 Å². The summed E-state index contributed by atoms with van der Waals surface area (Å²) in [4.78, 5) is 40.3. The molecule has 0 spiro atoms. The van der Waals surface area contributed by atoms with Gasteiger partial charge >= 0.3 is 0 Å². The molecule has 0 radical (unpaired) electrons. The SMILES string of the molecule is C#CCOc1c(I)cc(/C=C2\SC(=O)N(CC(=O)N3CCOCC3)C2=O)cc1OC. The summed E-state index contributed by atoms with van der Waals surface area (Å²) in [7, 11) is 1.50. The van der Waals surface area contributed by atoms with Gasteiger partial charge < -0.3 is 19.1 Å². The third-order valence-corrected chi connectivity index (χ3v) is 6.09. The fraction of sp³-hybridized carbons (Fsp3) is 0.350. The number of thioether (sulfide) groups is 1. The van der Waals surface area contributed by atoms with Crippen LogP contribution in [0, 0.1) is 15.9 Å². The van der Waals surface area contributed by atoms with E-state index in [0.29, 0.717) is 43.4 Å². The minimum atomic E-state index is -0.492. The first-order valence-electron chi connectivity index (χ1n) is 8.99. The Kier molecular flexibility index (Phi) is 7.63. The van der Waals surface area contributed by atoms with E-state index in [9.17, 15) is 14.4 Å². The molecule has 30 heavy (non-hydrogen) atoms. The van der Waals surface area contributed by atoms with Gasteiger partial charge in [0, 0.05) is 13.1 Å². The lowest BCUT2D eigenvalue weighted by Gasteiger charge is -2.28. The maximum absolute atomic E-state index is 12.7. The first-order valence-corrected chi connectivity index (χ1v) is 10.9. The summed E-state index contributed by atoms with van der Waals surface area (Å²) in [5.74, 6) is 2.61. The maximum Gasteiger partial charge on any atom is 0.294 e. The lowest BCUT2D eigenvalue weighted by atomic mass is 10.2. The molecule has 2 fully saturated rings. The molecule has 0 bridgehead atoms. The number of methoxy groups -OCH3 is 1. The van der Waals surface area contributed by atoms with Crippen molar-refractivity contribution in [3.8, 4) is 23.8 Å². The average molecular weight is 542 g/mol. The maximum atomic E-state index is 12.7. The zero-order valence-electron chi connectivity index (χ0n) is 16.2. The second-order valence-corrected chi connectivity index (χ2v) is 8.44. The normalized spacial score (nSPS) is 18.0. The van der Waals surface area contributed by atoms with E-state index in [1.54, 1.807) is 23.1 Å². The molecule has 2 aliphatic rings. The summed E-state index contributed by atoms with van der Waals surface area (Å²) < 4.78 is 16.8. The molecule has 0 saturated carbocycles. The molecule has 8 nitrogen and oxygen atoms in total. The molecule has 2 heterocycles. The Morgan fingerprint density at radius 3 is 2.77 bits per heavy atom. The zero-order chi connectivity index (χ0) is 21.7. The molecular formula is C20H19IN2O6S. The Balaban J connectivity index is 1.77. The van der Waals surface area contributed by atoms with Crippen molar-refractivity contribution in [1.82, 2.24) is 9.80 Å². The van der Waals surface area contributed by atoms with E-state index in [-0.39, 0.29) is 24.0 Å². The molecule has 2 saturated heterocycles. The van der Waals surface area contributed by atoms with Gasteiger partial charge in [-0.05, 0) is 58.1 Å². The molecule has 3 amide bonds. The first kappa shape index (κ1) is 22.5. The van der Waals surface area contributed by atoms with Crippen LogP contribution in [0.1, 0.15) is 5.56 Å². The van der Waals surface area contributed by atoms with Crippen LogP contribution in [0.25, 0.3) is 6.08 Å². The van der Waals surface area contributed by atoms with Crippen LogP contribution in [0.2, 0.25) is 0 Å². The lowest BCUT2D eigenvalue weighted by molar-refractivity contribution is -0.139. The van der Waals surface area contributed by atoms with E-state index < -0.39 is 11.1 Å². The number of nitrogens with zero attached hydrogens (tertiary/aromatic N) is 2. The largest absolute Gasteiger partial charge is 0.493 e. The fourth-order valence-electron chi connectivity index (χ4n) is 2.91. The Morgan fingerprint density at radius 1 is 1.37 bits per heavy atom. The van der Waals surface area contributed by atoms with Crippen LogP contribution < -0.4 is 9.47 Å². The van der Waals surface area contributed by atoms with Gasteiger partial charge in [0.05, 0.1) is 28.8 Å². The van der Waals surface area contributed by atoms with Crippen LogP contribution in [-0.2, 0) is 14.3 Å². The molecule has 0 atom stereocenters. The molecule has 3 rings (SSSR count). The molecule has 1 aromatic rings. The Morgan fingerprint density at radius 2 is 2.10 bits per heavy atom. The van der Waals surface area contributed by atoms with Gasteiger partial charge in [0.15, 0.2) is 11.5 Å². The highest BCUT2D eigenvalue weighted by molar-refractivity contribution is 14.1. The minimum Gasteiger partial charge on any atom is -0.493 e. The van der Waals surface area contributed by atoms with E-state index in [1.165, 1.54) is 7.11 Å². The topological polar surface area (TPSA) is 85.4 Å². The monoisotopic (exact) mass is 542 g/mol. The minimum absolute atomic E-state index is 0.0990. The highest BCUT2D eigenvalue weighted by Gasteiger charge is 2.37. The number of rotatable bonds is 6. The number of carbonyl (C=O) groups excluding carboxylic acids is 3. The Bertz CT molecular complexity index is 936. The molecule has 1 aromatic carbocycles. The van der Waals surface area contributed by atoms with Crippen molar-refractivity contribution in [1.29, 1.82) is 0 Å². The third kappa shape index (κ3) is 5.08. The van der Waals surface area contributed by atoms with Crippen LogP contribution in [-0.4, -0.2) is 73.4 Å². The zero-order valence-corrected chi connectivity index (χ0v) is 19.2. The summed E-state index contributed by atoms with van der Waals surface area (Å²) in [6.45, 7) is 1.64. The quantitative estimate of drug-likeness (QED) is 0.310. The number of benzene rings is 1. The number of imide groups is 1. The van der Waals surface area contributed by atoms with Gasteiger partial charge in [0.1, 0.15) is 13.2 Å². The predicted molar refractivity (Wildman–Crippen MR) is 120 cm³/mol. The number of halogens is 1. The van der Waals surface area contributed by atoms with E-state index >= 15 is 0 Å². The highest BCUT2D eigenvalue weighted by atomic mass is 127. The van der Waals surface area contributed by atoms with Crippen molar-refractivity contribution in [3.05, 3.63) is 26.2 Å². The van der Waals surface area contributed by atoms with Crippen molar-refractivity contribution in [3.63, 3.8) is 0 Å². The van der Waals surface area contributed by atoms with Crippen molar-refractivity contribution in [2.45, 2.75) is 0 Å². The lowest BCUT2D eigenvalue weighted by Crippen LogP contribution is -2.46. The number of hydrogen-bond acceptors (Lipinski definition) is 7. The second-order valence-electron chi connectivity index (χ2n) is 6.29. The summed E-state index contributed by atoms with van der Waals surface area (Å²) in [6, 6.07) is 3.49. The number of carbonyl (C=O) groups is 3. The average Bonchev–Trinajstić information content (AvgIpc) is 3.00. The van der Waals surface area contributed by atoms with Crippen molar-refractivity contribution < 1.29 is 28.6 Å². The third-order valence-electron chi connectivity index (χ3n) is 4.38. The highest BCUT2D eigenvalue weighted by Crippen LogP contribution is 2.37. The van der Waals surface area contributed by atoms with Gasteiger partial charge in [0.25, 0.3) is 11.1 Å². The smallest absolute Gasteiger partial charge is 0.294 e. The van der Waals surface area contributed by atoms with Crippen LogP contribution in [0.5, 0.6) is 11.5 Å². The number of ether oxygens (including phenoxy) is 3. The van der Waals surface area contributed by atoms with Crippen LogP contribution in [0.15, 0.2) is 17.0 Å². The van der Waals surface area contributed by atoms with E-state index in [2.05, 4.69) is 28.5 Å². The van der Waals surface area contributed by atoms with Gasteiger partial charge in [-0.15, -0.1) is 6.42 Å². The number of morpholine rings is 1. The Labute approximate surface area is 192 Å². The number of hydrogen-bond donors (Lipinski definition) is 0. The van der Waals surface area contributed by atoms with Gasteiger partial charge in [-0.25, -0.2) is 0 Å². The molecule has 0 N–H and O–H groups in total. The number of amides is 3. The van der Waals surface area contributed by atoms with Gasteiger partial charge in [-0.2, -0.15) is 0 Å². The fourth-order valence-corrected chi connectivity index (χ4v) is 4.53. The van der Waals surface area contributed by atoms with Gasteiger partial charge in [0.2, 0.25) is 5.91 Å². The second kappa shape index (κ2) is 10.2. The van der Waals surface area contributed by atoms with E-state index in [1.807, 2.05) is 0 Å². The molecule has 0 aliphatic carbocycles. The summed E-state index contributed by atoms with van der Waals surface area (Å²) >= 11 is 2.89. The van der Waals surface area contributed by atoms with E-state index in [4.69, 9.17) is 20.6 Å². The van der Waals surface area contributed by atoms with Crippen molar-refractivity contribution in [2.75, 3.05) is 46.6 Å². The van der Waals surface area contributed by atoms with Crippen LogP contribution in [0.3, 0.4) is 0 Å². The Hall–Kier alpha value is -2.23. The van der Waals surface area contributed by atoms with Crippen LogP contribution in [0.4, 0.5) is 4.79 Å². The molecular weight excluding hydrogens is 523 g/mol. The summed E-state index contributed by atoms with van der Waals surface area (Å²) in [6.07, 6.45) is 6.84. The molecule has 0 aromatic heterocycles. The number of terminal acetylenes is 1. The summed E-state index contributed by atoms with van der Waals surface area (Å²) in [5.41, 5.74) is 0.661. The first-order chi connectivity index (χ1) is 14.4. The molecule has 0 unspecified atom stereocenters.